The minimum atomic E-state index is -1.50. The van der Waals surface area contributed by atoms with Crippen LogP contribution in [0.15, 0.2) is 0 Å². The van der Waals surface area contributed by atoms with Crippen molar-refractivity contribution >= 4 is 5.91 Å². The van der Waals surface area contributed by atoms with E-state index in [0.29, 0.717) is 0 Å². The van der Waals surface area contributed by atoms with Crippen molar-refractivity contribution < 1.29 is 39.8 Å². The van der Waals surface area contributed by atoms with E-state index in [9.17, 15) is 30.3 Å². The Kier molecular flexibility index (Phi) is 6.47. The molecule has 0 aromatic heterocycles. The molecule has 140 valence electrons. The first kappa shape index (κ1) is 19.4. The largest absolute Gasteiger partial charge is 0.389 e. The van der Waals surface area contributed by atoms with Gasteiger partial charge in [-0.25, -0.2) is 0 Å². The van der Waals surface area contributed by atoms with Gasteiger partial charge in [0.25, 0.3) is 0 Å². The molecule has 0 radical (unpaired) electrons. The van der Waals surface area contributed by atoms with E-state index < -0.39 is 60.9 Å². The molecular weight excluding hydrogens is 326 g/mol. The van der Waals surface area contributed by atoms with Crippen molar-refractivity contribution in [2.45, 2.75) is 55.0 Å². The summed E-state index contributed by atoms with van der Waals surface area (Å²) in [6, 6.07) is -1.68. The summed E-state index contributed by atoms with van der Waals surface area (Å²) >= 11 is 0. The number of carbonyl (C=O) groups excluding carboxylic acids is 1. The van der Waals surface area contributed by atoms with Crippen LogP contribution in [0.4, 0.5) is 0 Å². The normalized spacial score (nSPS) is 46.0. The Hall–Kier alpha value is -0.890. The van der Waals surface area contributed by atoms with Gasteiger partial charge >= 0.3 is 0 Å². The fourth-order valence-corrected chi connectivity index (χ4v) is 2.89. The highest BCUT2D eigenvalue weighted by atomic mass is 16.7. The van der Waals surface area contributed by atoms with Crippen molar-refractivity contribution in [3.05, 3.63) is 0 Å². The molecule has 0 aromatic rings. The van der Waals surface area contributed by atoms with Crippen LogP contribution in [0.2, 0.25) is 0 Å². The molecule has 0 bridgehead atoms. The maximum Gasteiger partial charge on any atom is 0.240 e. The number of methoxy groups -OCH3 is 1. The lowest BCUT2D eigenvalue weighted by molar-refractivity contribution is -0.288. The molecule has 0 spiro atoms. The highest BCUT2D eigenvalue weighted by molar-refractivity contribution is 5.83. The molecule has 0 saturated carbocycles. The third kappa shape index (κ3) is 3.69. The maximum absolute atomic E-state index is 12.1. The number of nitrogens with two attached hydrogens (primary N) is 1. The number of rotatable bonds is 5. The number of aliphatic hydroxyl groups is 5. The fraction of sp³-hybridized carbons (Fsp3) is 0.923. The summed E-state index contributed by atoms with van der Waals surface area (Å²) < 4.78 is 10.1. The molecular formula is C13H25N3O8. The molecule has 0 aliphatic carbocycles. The summed E-state index contributed by atoms with van der Waals surface area (Å²) in [4.78, 5) is 12.1. The first-order valence-corrected chi connectivity index (χ1v) is 7.64. The van der Waals surface area contributed by atoms with E-state index in [2.05, 4.69) is 10.6 Å². The van der Waals surface area contributed by atoms with Crippen LogP contribution in [-0.2, 0) is 14.3 Å². The predicted molar refractivity (Wildman–Crippen MR) is 78.5 cm³/mol. The van der Waals surface area contributed by atoms with E-state index in [1.807, 2.05) is 0 Å². The Balaban J connectivity index is 1.91. The zero-order chi connectivity index (χ0) is 18.0. The van der Waals surface area contributed by atoms with Gasteiger partial charge in [-0.2, -0.15) is 0 Å². The van der Waals surface area contributed by atoms with E-state index in [1.54, 1.807) is 0 Å². The van der Waals surface area contributed by atoms with Crippen LogP contribution in [0.5, 0.6) is 0 Å². The molecule has 2 heterocycles. The quantitative estimate of drug-likeness (QED) is 0.237. The summed E-state index contributed by atoms with van der Waals surface area (Å²) in [5, 5.41) is 54.1. The first-order chi connectivity index (χ1) is 11.3. The molecule has 9 atom stereocenters. The van der Waals surface area contributed by atoms with Crippen molar-refractivity contribution in [1.82, 2.24) is 10.6 Å². The summed E-state index contributed by atoms with van der Waals surface area (Å²) in [5.41, 5.74) is 5.43. The van der Waals surface area contributed by atoms with Gasteiger partial charge < -0.3 is 46.1 Å². The molecule has 2 aliphatic heterocycles. The van der Waals surface area contributed by atoms with Crippen LogP contribution in [0, 0.1) is 0 Å². The average Bonchev–Trinajstić information content (AvgIpc) is 2.87. The number of hydrogen-bond donors (Lipinski definition) is 8. The highest BCUT2D eigenvalue weighted by Gasteiger charge is 2.46. The van der Waals surface area contributed by atoms with Crippen molar-refractivity contribution in [2.24, 2.45) is 5.73 Å². The Morgan fingerprint density at radius 2 is 1.79 bits per heavy atom. The summed E-state index contributed by atoms with van der Waals surface area (Å²) in [6.07, 6.45) is -9.02. The van der Waals surface area contributed by atoms with Crippen molar-refractivity contribution in [1.29, 1.82) is 0 Å². The number of amides is 1. The Labute approximate surface area is 138 Å². The van der Waals surface area contributed by atoms with Gasteiger partial charge in [-0.05, 0) is 0 Å². The molecule has 11 heteroatoms. The molecule has 11 nitrogen and oxygen atoms in total. The minimum Gasteiger partial charge on any atom is -0.389 e. The van der Waals surface area contributed by atoms with Crippen LogP contribution in [0.25, 0.3) is 0 Å². The molecule has 2 aliphatic rings. The third-order valence-electron chi connectivity index (χ3n) is 4.41. The molecule has 2 rings (SSSR count). The van der Waals surface area contributed by atoms with E-state index in [1.165, 1.54) is 7.11 Å². The predicted octanol–water partition coefficient (Wildman–Crippen LogP) is -5.42. The van der Waals surface area contributed by atoms with Gasteiger partial charge in [0.15, 0.2) is 6.29 Å². The maximum atomic E-state index is 12.1. The number of aliphatic hydroxyl groups excluding tert-OH is 5. The second-order valence-electron chi connectivity index (χ2n) is 5.96. The molecule has 24 heavy (non-hydrogen) atoms. The van der Waals surface area contributed by atoms with E-state index in [0.717, 1.165) is 0 Å². The van der Waals surface area contributed by atoms with Gasteiger partial charge in [0, 0.05) is 26.2 Å². The zero-order valence-electron chi connectivity index (χ0n) is 13.1. The Morgan fingerprint density at radius 3 is 2.33 bits per heavy atom. The SMILES string of the molecule is CO[C@H]1O[C@H](CNC(=O)[C@@H]2N[C@H](CN)[C@@H](O)[C@@H]2O)[C@@H](O)[C@H](O)[C@H]1O. The van der Waals surface area contributed by atoms with Gasteiger partial charge in [-0.1, -0.05) is 0 Å². The minimum absolute atomic E-state index is 0.0477. The first-order valence-electron chi connectivity index (χ1n) is 7.64. The number of hydrogen-bond acceptors (Lipinski definition) is 10. The van der Waals surface area contributed by atoms with Gasteiger partial charge in [0.2, 0.25) is 5.91 Å². The smallest absolute Gasteiger partial charge is 0.240 e. The summed E-state index contributed by atoms with van der Waals surface area (Å²) in [5.74, 6) is -0.622. The molecule has 9 N–H and O–H groups in total. The number of carbonyl (C=O) groups is 1. The summed E-state index contributed by atoms with van der Waals surface area (Å²) in [7, 11) is 1.26. The van der Waals surface area contributed by atoms with Crippen LogP contribution >= 0.6 is 0 Å². The molecule has 1 amide bonds. The van der Waals surface area contributed by atoms with E-state index >= 15 is 0 Å². The summed E-state index contributed by atoms with van der Waals surface area (Å²) in [6.45, 7) is -0.149. The lowest BCUT2D eigenvalue weighted by Crippen LogP contribution is -2.61. The van der Waals surface area contributed by atoms with Crippen LogP contribution in [0.1, 0.15) is 0 Å². The molecule has 2 fully saturated rings. The van der Waals surface area contributed by atoms with Crippen molar-refractivity contribution in [3.63, 3.8) is 0 Å². The zero-order valence-corrected chi connectivity index (χ0v) is 13.1. The van der Waals surface area contributed by atoms with Crippen LogP contribution in [0.3, 0.4) is 0 Å². The Bertz CT molecular complexity index is 439. The van der Waals surface area contributed by atoms with Crippen LogP contribution in [-0.4, -0.2) is 107 Å². The van der Waals surface area contributed by atoms with E-state index in [4.69, 9.17) is 15.2 Å². The van der Waals surface area contributed by atoms with E-state index in [-0.39, 0.29) is 13.1 Å². The topological polar surface area (TPSA) is 187 Å². The Morgan fingerprint density at radius 1 is 1.12 bits per heavy atom. The number of nitrogens with one attached hydrogen (secondary N) is 2. The molecule has 0 unspecified atom stereocenters. The van der Waals surface area contributed by atoms with Gasteiger partial charge in [-0.15, -0.1) is 0 Å². The number of ether oxygens (including phenoxy) is 2. The monoisotopic (exact) mass is 351 g/mol. The lowest BCUT2D eigenvalue weighted by Gasteiger charge is -2.39. The van der Waals surface area contributed by atoms with Crippen molar-refractivity contribution in [2.75, 3.05) is 20.2 Å². The van der Waals surface area contributed by atoms with Gasteiger partial charge in [0.1, 0.15) is 36.6 Å². The van der Waals surface area contributed by atoms with Gasteiger partial charge in [0.05, 0.1) is 6.10 Å². The van der Waals surface area contributed by atoms with Crippen molar-refractivity contribution in [3.8, 4) is 0 Å². The van der Waals surface area contributed by atoms with Crippen LogP contribution < -0.4 is 16.4 Å². The van der Waals surface area contributed by atoms with Gasteiger partial charge in [-0.3, -0.25) is 10.1 Å². The highest BCUT2D eigenvalue weighted by Crippen LogP contribution is 2.21. The molecule has 2 saturated heterocycles. The second-order valence-corrected chi connectivity index (χ2v) is 5.96. The molecule has 0 aromatic carbocycles. The lowest BCUT2D eigenvalue weighted by atomic mass is 9.98. The second kappa shape index (κ2) is 7.99. The third-order valence-corrected chi connectivity index (χ3v) is 4.41. The average molecular weight is 351 g/mol. The standard InChI is InChI=1S/C13H25N3O8/c1-23-13-11(21)10(20)8(18)5(24-13)3-15-12(22)6-9(19)7(17)4(2-14)16-6/h4-11,13,16-21H,2-3,14H2,1H3,(H,15,22)/t4-,5-,6-,7-,8-,9-,10+,11-,13+/m1/s1. The fourth-order valence-electron chi connectivity index (χ4n) is 2.89.